The fourth-order valence-electron chi connectivity index (χ4n) is 3.79. The van der Waals surface area contributed by atoms with E-state index in [1.165, 1.54) is 25.0 Å². The van der Waals surface area contributed by atoms with E-state index in [0.717, 1.165) is 39.0 Å². The molecule has 1 aliphatic heterocycles. The maximum absolute atomic E-state index is 13.8. The predicted molar refractivity (Wildman–Crippen MR) is 82.2 cm³/mol. The van der Waals surface area contributed by atoms with Gasteiger partial charge in [0.2, 0.25) is 0 Å². The van der Waals surface area contributed by atoms with E-state index in [0.29, 0.717) is 11.5 Å². The van der Waals surface area contributed by atoms with Crippen LogP contribution in [0.4, 0.5) is 4.39 Å². The summed E-state index contributed by atoms with van der Waals surface area (Å²) >= 11 is 5.99. The molecule has 0 radical (unpaired) electrons. The maximum atomic E-state index is 13.8. The normalized spacial score (nSPS) is 22.6. The molecule has 5 heteroatoms. The van der Waals surface area contributed by atoms with Gasteiger partial charge in [0.05, 0.1) is 5.02 Å². The van der Waals surface area contributed by atoms with Crippen LogP contribution in [-0.2, 0) is 0 Å². The third-order valence-corrected chi connectivity index (χ3v) is 5.06. The second kappa shape index (κ2) is 6.51. The van der Waals surface area contributed by atoms with Crippen molar-refractivity contribution in [2.75, 3.05) is 26.2 Å². The van der Waals surface area contributed by atoms with Crippen molar-refractivity contribution in [3.05, 3.63) is 28.5 Å². The number of phenols is 1. The lowest BCUT2D eigenvalue weighted by Gasteiger charge is -2.39. The first-order valence-electron chi connectivity index (χ1n) is 7.79. The Bertz CT molecular complexity index is 499. The summed E-state index contributed by atoms with van der Waals surface area (Å²) in [6, 6.07) is 2.72. The molecule has 1 atom stereocenters. The summed E-state index contributed by atoms with van der Waals surface area (Å²) < 4.78 is 13.8. The Morgan fingerprint density at radius 3 is 2.57 bits per heavy atom. The van der Waals surface area contributed by atoms with E-state index in [4.69, 9.17) is 11.6 Å². The Morgan fingerprint density at radius 1 is 1.24 bits per heavy atom. The lowest BCUT2D eigenvalue weighted by molar-refractivity contribution is 0.123. The molecule has 0 unspecified atom stereocenters. The number of piperazine rings is 1. The molecular formula is C16H22ClFN2O. The molecule has 2 fully saturated rings. The molecule has 116 valence electrons. The van der Waals surface area contributed by atoms with Crippen LogP contribution in [0, 0.1) is 11.7 Å². The van der Waals surface area contributed by atoms with Gasteiger partial charge < -0.3 is 10.4 Å². The van der Waals surface area contributed by atoms with Crippen LogP contribution in [-0.4, -0.2) is 36.2 Å². The number of hydrogen-bond donors (Lipinski definition) is 2. The molecule has 0 spiro atoms. The number of halogens is 2. The second-order valence-corrected chi connectivity index (χ2v) is 6.51. The van der Waals surface area contributed by atoms with Crippen molar-refractivity contribution < 1.29 is 9.50 Å². The summed E-state index contributed by atoms with van der Waals surface area (Å²) in [7, 11) is 0. The summed E-state index contributed by atoms with van der Waals surface area (Å²) in [6.45, 7) is 3.73. The molecule has 1 aromatic rings. The summed E-state index contributed by atoms with van der Waals surface area (Å²) in [5.74, 6) is 0.159. The van der Waals surface area contributed by atoms with E-state index in [2.05, 4.69) is 10.2 Å². The Hall–Kier alpha value is -0.840. The van der Waals surface area contributed by atoms with E-state index in [1.54, 1.807) is 0 Å². The maximum Gasteiger partial charge on any atom is 0.139 e. The Kier molecular flexibility index (Phi) is 4.67. The van der Waals surface area contributed by atoms with Crippen molar-refractivity contribution >= 4 is 11.6 Å². The largest absolute Gasteiger partial charge is 0.506 e. The highest BCUT2D eigenvalue weighted by Crippen LogP contribution is 2.44. The first-order valence-corrected chi connectivity index (χ1v) is 8.17. The van der Waals surface area contributed by atoms with Gasteiger partial charge in [-0.25, -0.2) is 4.39 Å². The highest BCUT2D eigenvalue weighted by Gasteiger charge is 2.34. The van der Waals surface area contributed by atoms with Crippen LogP contribution in [0.5, 0.6) is 5.75 Å². The van der Waals surface area contributed by atoms with Crippen LogP contribution in [0.15, 0.2) is 12.1 Å². The standard InChI is InChI=1S/C16H22ClFN2O/c17-14-10-12(18)9-13(16(14)21)15(11-3-1-2-4-11)20-7-5-19-6-8-20/h9-11,15,19,21H,1-8H2/t15-/m1/s1. The average Bonchev–Trinajstić information content (AvgIpc) is 2.99. The zero-order chi connectivity index (χ0) is 14.8. The molecule has 2 N–H and O–H groups in total. The number of benzene rings is 1. The van der Waals surface area contributed by atoms with Crippen molar-refractivity contribution in [1.29, 1.82) is 0 Å². The summed E-state index contributed by atoms with van der Waals surface area (Å²) in [5.41, 5.74) is 0.661. The SMILES string of the molecule is Oc1c(Cl)cc(F)cc1[C@@H](C1CCCC1)N1CCNCC1. The summed E-state index contributed by atoms with van der Waals surface area (Å²) in [4.78, 5) is 2.37. The zero-order valence-electron chi connectivity index (χ0n) is 12.1. The molecule has 0 aromatic heterocycles. The minimum atomic E-state index is -0.370. The summed E-state index contributed by atoms with van der Waals surface area (Å²) in [6.07, 6.45) is 4.72. The van der Waals surface area contributed by atoms with Gasteiger partial charge in [-0.3, -0.25) is 4.90 Å². The number of phenolic OH excluding ortho intramolecular Hbond substituents is 1. The third kappa shape index (κ3) is 3.17. The molecular weight excluding hydrogens is 291 g/mol. The average molecular weight is 313 g/mol. The minimum absolute atomic E-state index is 0.0495. The van der Waals surface area contributed by atoms with E-state index in [1.807, 2.05) is 0 Å². The molecule has 0 amide bonds. The van der Waals surface area contributed by atoms with Crippen LogP contribution < -0.4 is 5.32 Å². The highest BCUT2D eigenvalue weighted by atomic mass is 35.5. The number of hydrogen-bond acceptors (Lipinski definition) is 3. The highest BCUT2D eigenvalue weighted by molar-refractivity contribution is 6.32. The van der Waals surface area contributed by atoms with Crippen molar-refractivity contribution in [3.63, 3.8) is 0 Å². The number of nitrogens with zero attached hydrogens (tertiary/aromatic N) is 1. The number of aromatic hydroxyl groups is 1. The van der Waals surface area contributed by atoms with Gasteiger partial charge >= 0.3 is 0 Å². The van der Waals surface area contributed by atoms with Crippen molar-refractivity contribution in [1.82, 2.24) is 10.2 Å². The molecule has 0 bridgehead atoms. The Labute approximate surface area is 130 Å². The monoisotopic (exact) mass is 312 g/mol. The lowest BCUT2D eigenvalue weighted by atomic mass is 9.89. The van der Waals surface area contributed by atoms with E-state index < -0.39 is 0 Å². The van der Waals surface area contributed by atoms with E-state index in [9.17, 15) is 9.50 Å². The van der Waals surface area contributed by atoms with Gasteiger partial charge in [-0.2, -0.15) is 0 Å². The predicted octanol–water partition coefficient (Wildman–Crippen LogP) is 3.32. The quantitative estimate of drug-likeness (QED) is 0.898. The zero-order valence-corrected chi connectivity index (χ0v) is 12.9. The van der Waals surface area contributed by atoms with Crippen molar-refractivity contribution in [3.8, 4) is 5.75 Å². The second-order valence-electron chi connectivity index (χ2n) is 6.10. The van der Waals surface area contributed by atoms with Gasteiger partial charge in [-0.05, 0) is 30.9 Å². The van der Waals surface area contributed by atoms with Crippen LogP contribution in [0.1, 0.15) is 37.3 Å². The third-order valence-electron chi connectivity index (χ3n) is 4.77. The molecule has 3 nitrogen and oxygen atoms in total. The molecule has 1 heterocycles. The fraction of sp³-hybridized carbons (Fsp3) is 0.625. The van der Waals surface area contributed by atoms with Crippen LogP contribution in [0.3, 0.4) is 0 Å². The van der Waals surface area contributed by atoms with Gasteiger partial charge in [0.15, 0.2) is 0 Å². The fourth-order valence-corrected chi connectivity index (χ4v) is 4.01. The molecule has 1 saturated heterocycles. The van der Waals surface area contributed by atoms with E-state index in [-0.39, 0.29) is 22.6 Å². The van der Waals surface area contributed by atoms with Crippen LogP contribution in [0.2, 0.25) is 5.02 Å². The van der Waals surface area contributed by atoms with Gasteiger partial charge in [-0.15, -0.1) is 0 Å². The molecule has 2 aliphatic rings. The number of rotatable bonds is 3. The van der Waals surface area contributed by atoms with Gasteiger partial charge in [0.25, 0.3) is 0 Å². The van der Waals surface area contributed by atoms with Gasteiger partial charge in [0.1, 0.15) is 11.6 Å². The first kappa shape index (κ1) is 15.1. The Morgan fingerprint density at radius 2 is 1.90 bits per heavy atom. The molecule has 3 rings (SSSR count). The van der Waals surface area contributed by atoms with Gasteiger partial charge in [-0.1, -0.05) is 24.4 Å². The molecule has 1 saturated carbocycles. The first-order chi connectivity index (χ1) is 10.2. The molecule has 1 aliphatic carbocycles. The van der Waals surface area contributed by atoms with Crippen LogP contribution >= 0.6 is 11.6 Å². The van der Waals surface area contributed by atoms with Crippen molar-refractivity contribution in [2.24, 2.45) is 5.92 Å². The molecule has 1 aromatic carbocycles. The summed E-state index contributed by atoms with van der Waals surface area (Å²) in [5, 5.41) is 13.8. The molecule has 21 heavy (non-hydrogen) atoms. The van der Waals surface area contributed by atoms with Crippen LogP contribution in [0.25, 0.3) is 0 Å². The lowest BCUT2D eigenvalue weighted by Crippen LogP contribution is -2.46. The Balaban J connectivity index is 1.97. The topological polar surface area (TPSA) is 35.5 Å². The smallest absolute Gasteiger partial charge is 0.139 e. The number of nitrogens with one attached hydrogen (secondary N) is 1. The van der Waals surface area contributed by atoms with Gasteiger partial charge in [0, 0.05) is 37.8 Å². The van der Waals surface area contributed by atoms with E-state index >= 15 is 0 Å². The van der Waals surface area contributed by atoms with Crippen molar-refractivity contribution in [2.45, 2.75) is 31.7 Å². The minimum Gasteiger partial charge on any atom is -0.506 e.